The smallest absolute Gasteiger partial charge is 0.341 e. The van der Waals surface area contributed by atoms with Crippen molar-refractivity contribution in [2.75, 3.05) is 6.61 Å². The number of phenolic OH excluding ortho intramolecular Hbond substituents is 1. The number of unbranched alkanes of at least 4 members (excludes halogenated alkanes) is 6. The highest BCUT2D eigenvalue weighted by molar-refractivity contribution is 5.92. The second-order valence-electron chi connectivity index (χ2n) is 6.20. The van der Waals surface area contributed by atoms with E-state index in [9.17, 15) is 9.90 Å². The first-order valence-electron chi connectivity index (χ1n) is 8.68. The molecule has 0 unspecified atom stereocenters. The van der Waals surface area contributed by atoms with Gasteiger partial charge in [0.05, 0.1) is 6.61 Å². The fourth-order valence-corrected chi connectivity index (χ4v) is 2.53. The van der Waals surface area contributed by atoms with E-state index in [1.54, 1.807) is 18.2 Å². The molecule has 1 aromatic rings. The molecule has 0 bridgehead atoms. The van der Waals surface area contributed by atoms with Gasteiger partial charge in [-0.15, -0.1) is 0 Å². The number of esters is 1. The summed E-state index contributed by atoms with van der Waals surface area (Å²) in [7, 11) is 0. The summed E-state index contributed by atoms with van der Waals surface area (Å²) in [6.45, 7) is 8.35. The molecule has 1 aromatic carbocycles. The topological polar surface area (TPSA) is 46.5 Å². The van der Waals surface area contributed by atoms with Crippen LogP contribution in [0.5, 0.6) is 5.75 Å². The van der Waals surface area contributed by atoms with Crippen molar-refractivity contribution >= 4 is 5.97 Å². The van der Waals surface area contributed by atoms with E-state index >= 15 is 0 Å². The van der Waals surface area contributed by atoms with Gasteiger partial charge >= 0.3 is 5.97 Å². The number of hydrogen-bond donors (Lipinski definition) is 1. The summed E-state index contributed by atoms with van der Waals surface area (Å²) in [6.07, 6.45) is 8.82. The van der Waals surface area contributed by atoms with Crippen molar-refractivity contribution in [3.63, 3.8) is 0 Å². The van der Waals surface area contributed by atoms with Crippen molar-refractivity contribution in [2.45, 2.75) is 65.2 Å². The third kappa shape index (κ3) is 7.36. The van der Waals surface area contributed by atoms with Gasteiger partial charge < -0.3 is 9.84 Å². The van der Waals surface area contributed by atoms with Gasteiger partial charge in [0.15, 0.2) is 0 Å². The predicted molar refractivity (Wildman–Crippen MR) is 94.9 cm³/mol. The van der Waals surface area contributed by atoms with Gasteiger partial charge in [0, 0.05) is 0 Å². The molecule has 0 aliphatic carbocycles. The van der Waals surface area contributed by atoms with Gasteiger partial charge in [-0.1, -0.05) is 69.7 Å². The van der Waals surface area contributed by atoms with Crippen molar-refractivity contribution in [3.8, 4) is 5.75 Å². The number of allylic oxidation sites excluding steroid dienone is 1. The Kier molecular flexibility index (Phi) is 9.11. The number of para-hydroxylation sites is 1. The van der Waals surface area contributed by atoms with Gasteiger partial charge in [-0.3, -0.25) is 0 Å². The van der Waals surface area contributed by atoms with E-state index in [1.165, 1.54) is 32.1 Å². The zero-order valence-electron chi connectivity index (χ0n) is 14.6. The predicted octanol–water partition coefficient (Wildman–Crippen LogP) is 5.42. The van der Waals surface area contributed by atoms with E-state index < -0.39 is 5.97 Å². The zero-order chi connectivity index (χ0) is 17.1. The molecule has 1 rings (SSSR count). The van der Waals surface area contributed by atoms with Crippen LogP contribution in [-0.4, -0.2) is 17.7 Å². The molecule has 0 saturated carbocycles. The molecule has 3 nitrogen and oxygen atoms in total. The molecule has 0 aliphatic rings. The fraction of sp³-hybridized carbons (Fsp3) is 0.550. The van der Waals surface area contributed by atoms with Crippen LogP contribution < -0.4 is 0 Å². The van der Waals surface area contributed by atoms with Crippen molar-refractivity contribution in [3.05, 3.63) is 41.5 Å². The summed E-state index contributed by atoms with van der Waals surface area (Å²) in [5, 5.41) is 10.2. The van der Waals surface area contributed by atoms with Gasteiger partial charge in [-0.25, -0.2) is 4.79 Å². The summed E-state index contributed by atoms with van der Waals surface area (Å²) in [5.41, 5.74) is 1.89. The van der Waals surface area contributed by atoms with E-state index in [1.807, 2.05) is 6.92 Å². The van der Waals surface area contributed by atoms with Crippen LogP contribution in [0.2, 0.25) is 0 Å². The Morgan fingerprint density at radius 1 is 1.13 bits per heavy atom. The number of benzene rings is 1. The van der Waals surface area contributed by atoms with Crippen LogP contribution in [0, 0.1) is 0 Å². The summed E-state index contributed by atoms with van der Waals surface area (Å²) in [4.78, 5) is 12.1. The molecule has 3 heteroatoms. The first-order chi connectivity index (χ1) is 11.1. The third-order valence-corrected chi connectivity index (χ3v) is 3.81. The molecule has 0 fully saturated rings. The average molecular weight is 318 g/mol. The SMILES string of the molecule is C=C(C)Cc1cccc(C(=O)OCCCCCCCCC)c1O. The number of rotatable bonds is 11. The second kappa shape index (κ2) is 10.9. The number of carbonyl (C=O) groups is 1. The minimum Gasteiger partial charge on any atom is -0.507 e. The van der Waals surface area contributed by atoms with E-state index in [4.69, 9.17) is 4.74 Å². The van der Waals surface area contributed by atoms with Crippen molar-refractivity contribution < 1.29 is 14.6 Å². The molecule has 1 N–H and O–H groups in total. The van der Waals surface area contributed by atoms with Crippen molar-refractivity contribution in [1.29, 1.82) is 0 Å². The highest BCUT2D eigenvalue weighted by Crippen LogP contribution is 2.25. The number of phenols is 1. The molecule has 0 radical (unpaired) electrons. The summed E-state index contributed by atoms with van der Waals surface area (Å²) < 4.78 is 5.28. The highest BCUT2D eigenvalue weighted by atomic mass is 16.5. The number of hydrogen-bond acceptors (Lipinski definition) is 3. The highest BCUT2D eigenvalue weighted by Gasteiger charge is 2.15. The Balaban J connectivity index is 2.36. The number of carbonyl (C=O) groups excluding carboxylic acids is 1. The third-order valence-electron chi connectivity index (χ3n) is 3.81. The summed E-state index contributed by atoms with van der Waals surface area (Å²) in [6, 6.07) is 5.17. The summed E-state index contributed by atoms with van der Waals surface area (Å²) >= 11 is 0. The molecular formula is C20H30O3. The van der Waals surface area contributed by atoms with Crippen LogP contribution in [0.15, 0.2) is 30.4 Å². The molecule has 0 heterocycles. The maximum absolute atomic E-state index is 12.1. The van der Waals surface area contributed by atoms with Crippen LogP contribution in [0.25, 0.3) is 0 Å². The first kappa shape index (κ1) is 19.3. The Bertz CT molecular complexity index is 506. The quantitative estimate of drug-likeness (QED) is 0.337. The molecular weight excluding hydrogens is 288 g/mol. The van der Waals surface area contributed by atoms with E-state index in [2.05, 4.69) is 13.5 Å². The van der Waals surface area contributed by atoms with Gasteiger partial charge in [-0.2, -0.15) is 0 Å². The standard InChI is InChI=1S/C20H30O3/c1-4-5-6-7-8-9-10-14-23-20(22)18-13-11-12-17(19(18)21)15-16(2)3/h11-13,21H,2,4-10,14-15H2,1,3H3. The summed E-state index contributed by atoms with van der Waals surface area (Å²) in [5.74, 6) is -0.433. The molecule has 0 aliphatic heterocycles. The van der Waals surface area contributed by atoms with Crippen LogP contribution in [0.3, 0.4) is 0 Å². The van der Waals surface area contributed by atoms with E-state index in [-0.39, 0.29) is 11.3 Å². The molecule has 0 spiro atoms. The van der Waals surface area contributed by atoms with E-state index in [0.29, 0.717) is 18.6 Å². The normalized spacial score (nSPS) is 10.5. The van der Waals surface area contributed by atoms with Crippen molar-refractivity contribution in [1.82, 2.24) is 0 Å². The lowest BCUT2D eigenvalue weighted by molar-refractivity contribution is 0.0494. The van der Waals surface area contributed by atoms with Crippen LogP contribution in [0.4, 0.5) is 0 Å². The largest absolute Gasteiger partial charge is 0.507 e. The monoisotopic (exact) mass is 318 g/mol. The molecule has 0 aromatic heterocycles. The van der Waals surface area contributed by atoms with Gasteiger partial charge in [0.1, 0.15) is 11.3 Å². The van der Waals surface area contributed by atoms with Crippen LogP contribution in [0.1, 0.15) is 74.7 Å². The fourth-order valence-electron chi connectivity index (χ4n) is 2.53. The van der Waals surface area contributed by atoms with Gasteiger partial charge in [0.2, 0.25) is 0 Å². The van der Waals surface area contributed by atoms with Crippen molar-refractivity contribution in [2.24, 2.45) is 0 Å². The average Bonchev–Trinajstić information content (AvgIpc) is 2.51. The maximum atomic E-state index is 12.1. The lowest BCUT2D eigenvalue weighted by Crippen LogP contribution is -2.07. The molecule has 23 heavy (non-hydrogen) atoms. The molecule has 0 saturated heterocycles. The Morgan fingerprint density at radius 3 is 2.43 bits per heavy atom. The Labute approximate surface area is 140 Å². The number of aromatic hydroxyl groups is 1. The lowest BCUT2D eigenvalue weighted by atomic mass is 10.0. The molecule has 128 valence electrons. The van der Waals surface area contributed by atoms with E-state index in [0.717, 1.165) is 18.4 Å². The van der Waals surface area contributed by atoms with Gasteiger partial charge in [0.25, 0.3) is 0 Å². The van der Waals surface area contributed by atoms with Crippen LogP contribution >= 0.6 is 0 Å². The van der Waals surface area contributed by atoms with Crippen LogP contribution in [-0.2, 0) is 11.2 Å². The Hall–Kier alpha value is -1.77. The Morgan fingerprint density at radius 2 is 1.78 bits per heavy atom. The maximum Gasteiger partial charge on any atom is 0.341 e. The lowest BCUT2D eigenvalue weighted by Gasteiger charge is -2.10. The molecule has 0 amide bonds. The van der Waals surface area contributed by atoms with Gasteiger partial charge in [-0.05, 0) is 31.4 Å². The minimum absolute atomic E-state index is 0.0139. The minimum atomic E-state index is -0.447. The molecule has 0 atom stereocenters. The second-order valence-corrected chi connectivity index (χ2v) is 6.20. The zero-order valence-corrected chi connectivity index (χ0v) is 14.6. The number of ether oxygens (including phenoxy) is 1. The first-order valence-corrected chi connectivity index (χ1v) is 8.68.